The average Bonchev–Trinajstić information content (AvgIpc) is 2.92. The van der Waals surface area contributed by atoms with E-state index in [-0.39, 0.29) is 5.82 Å². The van der Waals surface area contributed by atoms with Crippen LogP contribution < -0.4 is 5.32 Å². The largest absolute Gasteiger partial charge is 0.310 e. The minimum absolute atomic E-state index is 0.327. The number of nitrogens with one attached hydrogen (secondary N) is 1. The van der Waals surface area contributed by atoms with E-state index >= 15 is 0 Å². The molecule has 0 radical (unpaired) electrons. The summed E-state index contributed by atoms with van der Waals surface area (Å²) in [5.74, 6) is -0.327. The zero-order valence-electron chi connectivity index (χ0n) is 11.6. The molecule has 0 amide bonds. The molecule has 0 aliphatic carbocycles. The molecular weight excluding hydrogens is 253 g/mol. The first kappa shape index (κ1) is 13.5. The molecule has 0 saturated carbocycles. The van der Waals surface area contributed by atoms with Crippen LogP contribution in [0.4, 0.5) is 4.39 Å². The van der Waals surface area contributed by atoms with Crippen molar-refractivity contribution < 1.29 is 4.39 Å². The highest BCUT2D eigenvalue weighted by Gasteiger charge is 2.31. The molecule has 20 heavy (non-hydrogen) atoms. The lowest BCUT2D eigenvalue weighted by Crippen LogP contribution is -2.45. The molecule has 2 saturated heterocycles. The zero-order chi connectivity index (χ0) is 13.9. The molecule has 2 atom stereocenters. The summed E-state index contributed by atoms with van der Waals surface area (Å²) in [6, 6.07) is 7.81. The van der Waals surface area contributed by atoms with Gasteiger partial charge in [0, 0.05) is 18.6 Å². The molecule has 0 spiro atoms. The van der Waals surface area contributed by atoms with Gasteiger partial charge in [-0.05, 0) is 62.5 Å². The molecule has 106 valence electrons. The van der Waals surface area contributed by atoms with Crippen molar-refractivity contribution in [2.75, 3.05) is 13.1 Å². The fraction of sp³-hybridized carbons (Fsp3) is 0.562. The molecule has 2 unspecified atom stereocenters. The Labute approximate surface area is 119 Å². The van der Waals surface area contributed by atoms with Crippen LogP contribution in [0, 0.1) is 17.1 Å². The van der Waals surface area contributed by atoms with Gasteiger partial charge in [-0.2, -0.15) is 5.26 Å². The molecule has 2 fully saturated rings. The Morgan fingerprint density at radius 3 is 3.05 bits per heavy atom. The summed E-state index contributed by atoms with van der Waals surface area (Å²) in [5.41, 5.74) is 1.25. The van der Waals surface area contributed by atoms with Gasteiger partial charge in [0.2, 0.25) is 0 Å². The van der Waals surface area contributed by atoms with E-state index in [0.717, 1.165) is 18.0 Å². The number of fused-ring (bicyclic) bond motifs is 1. The second-order valence-electron chi connectivity index (χ2n) is 5.89. The Morgan fingerprint density at radius 1 is 1.30 bits per heavy atom. The van der Waals surface area contributed by atoms with Crippen LogP contribution in [0.25, 0.3) is 0 Å². The fourth-order valence-corrected chi connectivity index (χ4v) is 3.49. The summed E-state index contributed by atoms with van der Waals surface area (Å²) in [6.45, 7) is 3.07. The molecule has 1 aromatic rings. The van der Waals surface area contributed by atoms with Crippen molar-refractivity contribution in [3.8, 4) is 6.07 Å². The summed E-state index contributed by atoms with van der Waals surface area (Å²) in [5, 5.41) is 12.4. The van der Waals surface area contributed by atoms with Gasteiger partial charge < -0.3 is 10.2 Å². The van der Waals surface area contributed by atoms with Crippen molar-refractivity contribution in [2.24, 2.45) is 0 Å². The van der Waals surface area contributed by atoms with E-state index in [0.29, 0.717) is 18.2 Å². The minimum Gasteiger partial charge on any atom is -0.310 e. The van der Waals surface area contributed by atoms with Crippen LogP contribution in [0.1, 0.15) is 36.8 Å². The van der Waals surface area contributed by atoms with Crippen molar-refractivity contribution in [1.29, 1.82) is 5.26 Å². The second kappa shape index (κ2) is 5.90. The quantitative estimate of drug-likeness (QED) is 0.919. The van der Waals surface area contributed by atoms with E-state index in [9.17, 15) is 4.39 Å². The topological polar surface area (TPSA) is 39.1 Å². The van der Waals surface area contributed by atoms with E-state index in [2.05, 4.69) is 10.2 Å². The highest BCUT2D eigenvalue weighted by Crippen LogP contribution is 2.27. The van der Waals surface area contributed by atoms with Gasteiger partial charge in [-0.1, -0.05) is 0 Å². The maximum atomic E-state index is 13.4. The van der Waals surface area contributed by atoms with Crippen LogP contribution in [-0.2, 0) is 6.54 Å². The molecule has 2 aliphatic heterocycles. The summed E-state index contributed by atoms with van der Waals surface area (Å²) in [7, 11) is 0. The molecular formula is C16H20FN3. The summed E-state index contributed by atoms with van der Waals surface area (Å²) < 4.78 is 13.4. The second-order valence-corrected chi connectivity index (χ2v) is 5.89. The Kier molecular flexibility index (Phi) is 4.00. The molecule has 4 heteroatoms. The number of nitriles is 1. The van der Waals surface area contributed by atoms with E-state index < -0.39 is 0 Å². The Balaban J connectivity index is 1.57. The first-order chi connectivity index (χ1) is 9.74. The highest BCUT2D eigenvalue weighted by atomic mass is 19.1. The molecule has 1 aromatic carbocycles. The van der Waals surface area contributed by atoms with Gasteiger partial charge in [0.25, 0.3) is 0 Å². The Hall–Kier alpha value is -1.44. The van der Waals surface area contributed by atoms with Crippen LogP contribution in [0.2, 0.25) is 0 Å². The summed E-state index contributed by atoms with van der Waals surface area (Å²) >= 11 is 0. The van der Waals surface area contributed by atoms with Crippen molar-refractivity contribution in [1.82, 2.24) is 10.2 Å². The van der Waals surface area contributed by atoms with Gasteiger partial charge >= 0.3 is 0 Å². The lowest BCUT2D eigenvalue weighted by Gasteiger charge is -2.35. The monoisotopic (exact) mass is 273 g/mol. The van der Waals surface area contributed by atoms with Crippen LogP contribution in [0.15, 0.2) is 18.2 Å². The van der Waals surface area contributed by atoms with Gasteiger partial charge in [0.15, 0.2) is 0 Å². The van der Waals surface area contributed by atoms with Gasteiger partial charge in [0.1, 0.15) is 5.82 Å². The van der Waals surface area contributed by atoms with Crippen molar-refractivity contribution in [2.45, 2.75) is 44.3 Å². The van der Waals surface area contributed by atoms with Crippen molar-refractivity contribution in [3.63, 3.8) is 0 Å². The third-order valence-electron chi connectivity index (χ3n) is 4.50. The zero-order valence-corrected chi connectivity index (χ0v) is 11.6. The van der Waals surface area contributed by atoms with Gasteiger partial charge in [-0.25, -0.2) is 4.39 Å². The number of hydrogen-bond donors (Lipinski definition) is 1. The van der Waals surface area contributed by atoms with Crippen LogP contribution >= 0.6 is 0 Å². The third-order valence-corrected chi connectivity index (χ3v) is 4.50. The van der Waals surface area contributed by atoms with Crippen LogP contribution in [0.3, 0.4) is 0 Å². The lowest BCUT2D eigenvalue weighted by atomic mass is 9.97. The van der Waals surface area contributed by atoms with Gasteiger partial charge in [-0.15, -0.1) is 0 Å². The molecule has 3 rings (SSSR count). The first-order valence-corrected chi connectivity index (χ1v) is 7.41. The first-order valence-electron chi connectivity index (χ1n) is 7.41. The normalized spacial score (nSPS) is 26.2. The van der Waals surface area contributed by atoms with E-state index in [4.69, 9.17) is 5.26 Å². The van der Waals surface area contributed by atoms with Crippen LogP contribution in [0.5, 0.6) is 0 Å². The SMILES string of the molecule is N#Cc1cc(F)cc(CNC2CCN3CCCC3C2)c1. The molecule has 0 aromatic heterocycles. The predicted molar refractivity (Wildman–Crippen MR) is 75.6 cm³/mol. The minimum atomic E-state index is -0.327. The maximum absolute atomic E-state index is 13.4. The van der Waals surface area contributed by atoms with E-state index in [1.54, 1.807) is 6.07 Å². The van der Waals surface area contributed by atoms with E-state index in [1.165, 1.54) is 44.5 Å². The molecule has 3 nitrogen and oxygen atoms in total. The summed E-state index contributed by atoms with van der Waals surface area (Å²) in [4.78, 5) is 2.59. The van der Waals surface area contributed by atoms with Crippen molar-refractivity contribution in [3.05, 3.63) is 35.1 Å². The molecule has 2 heterocycles. The van der Waals surface area contributed by atoms with Gasteiger partial charge in [-0.3, -0.25) is 0 Å². The fourth-order valence-electron chi connectivity index (χ4n) is 3.49. The standard InChI is InChI=1S/C16H20FN3/c17-14-7-12(10-18)6-13(8-14)11-19-15-3-5-20-4-1-2-16(20)9-15/h6-8,15-16,19H,1-5,9,11H2. The third kappa shape index (κ3) is 3.00. The number of nitrogens with zero attached hydrogens (tertiary/aromatic N) is 2. The molecule has 1 N–H and O–H groups in total. The number of benzene rings is 1. The average molecular weight is 273 g/mol. The number of hydrogen-bond acceptors (Lipinski definition) is 3. The molecule has 0 bridgehead atoms. The lowest BCUT2D eigenvalue weighted by molar-refractivity contribution is 0.166. The maximum Gasteiger partial charge on any atom is 0.124 e. The summed E-state index contributed by atoms with van der Waals surface area (Å²) in [6.07, 6.45) is 5.00. The highest BCUT2D eigenvalue weighted by molar-refractivity contribution is 5.33. The Morgan fingerprint density at radius 2 is 2.20 bits per heavy atom. The number of halogens is 1. The number of piperidine rings is 1. The molecule has 2 aliphatic rings. The predicted octanol–water partition coefficient (Wildman–Crippen LogP) is 2.41. The van der Waals surface area contributed by atoms with E-state index in [1.807, 2.05) is 6.07 Å². The van der Waals surface area contributed by atoms with Gasteiger partial charge in [0.05, 0.1) is 11.6 Å². The smallest absolute Gasteiger partial charge is 0.124 e. The van der Waals surface area contributed by atoms with Crippen LogP contribution in [-0.4, -0.2) is 30.1 Å². The Bertz CT molecular complexity index is 523. The number of rotatable bonds is 3. The van der Waals surface area contributed by atoms with Crippen molar-refractivity contribution >= 4 is 0 Å².